The maximum atomic E-state index is 5.42. The SMILES string of the molecule is COC1(OC)C=C(C)C(OC)(OC)CC1. The Bertz CT molecular complexity index is 239. The van der Waals surface area contributed by atoms with Crippen LogP contribution in [-0.2, 0) is 18.9 Å². The molecule has 0 heterocycles. The number of rotatable bonds is 4. The first-order valence-corrected chi connectivity index (χ1v) is 4.98. The molecule has 4 nitrogen and oxygen atoms in total. The van der Waals surface area contributed by atoms with Crippen LogP contribution in [0, 0.1) is 0 Å². The summed E-state index contributed by atoms with van der Waals surface area (Å²) in [7, 11) is 6.57. The van der Waals surface area contributed by atoms with Crippen LogP contribution < -0.4 is 0 Å². The highest BCUT2D eigenvalue weighted by Gasteiger charge is 2.43. The highest BCUT2D eigenvalue weighted by Crippen LogP contribution is 2.38. The van der Waals surface area contributed by atoms with Crippen molar-refractivity contribution < 1.29 is 18.9 Å². The first-order chi connectivity index (χ1) is 7.08. The van der Waals surface area contributed by atoms with E-state index < -0.39 is 11.6 Å². The van der Waals surface area contributed by atoms with Crippen LogP contribution in [0.3, 0.4) is 0 Å². The van der Waals surface area contributed by atoms with Gasteiger partial charge in [0.05, 0.1) is 0 Å². The molecule has 0 atom stereocenters. The van der Waals surface area contributed by atoms with Gasteiger partial charge in [-0.05, 0) is 18.6 Å². The molecule has 0 aromatic rings. The van der Waals surface area contributed by atoms with Gasteiger partial charge in [0.2, 0.25) is 0 Å². The van der Waals surface area contributed by atoms with E-state index in [0.29, 0.717) is 12.8 Å². The molecular weight excluding hydrogens is 196 g/mol. The van der Waals surface area contributed by atoms with Crippen molar-refractivity contribution in [2.24, 2.45) is 0 Å². The van der Waals surface area contributed by atoms with Crippen molar-refractivity contribution in [1.29, 1.82) is 0 Å². The Balaban J connectivity index is 2.99. The highest BCUT2D eigenvalue weighted by molar-refractivity contribution is 5.19. The first-order valence-electron chi connectivity index (χ1n) is 4.98. The van der Waals surface area contributed by atoms with Gasteiger partial charge < -0.3 is 18.9 Å². The van der Waals surface area contributed by atoms with E-state index in [1.807, 2.05) is 13.0 Å². The summed E-state index contributed by atoms with van der Waals surface area (Å²) in [5.74, 6) is -1.26. The average Bonchev–Trinajstić information content (AvgIpc) is 2.29. The molecule has 4 heteroatoms. The van der Waals surface area contributed by atoms with Crippen LogP contribution in [0.15, 0.2) is 11.6 Å². The molecule has 0 amide bonds. The average molecular weight is 216 g/mol. The Morgan fingerprint density at radius 1 is 0.933 bits per heavy atom. The fraction of sp³-hybridized carbons (Fsp3) is 0.818. The molecule has 0 aliphatic heterocycles. The van der Waals surface area contributed by atoms with Gasteiger partial charge in [-0.1, -0.05) is 0 Å². The zero-order valence-electron chi connectivity index (χ0n) is 10.1. The summed E-state index contributed by atoms with van der Waals surface area (Å²) < 4.78 is 21.6. The second-order valence-electron chi connectivity index (χ2n) is 3.71. The summed E-state index contributed by atoms with van der Waals surface area (Å²) in [4.78, 5) is 0. The van der Waals surface area contributed by atoms with E-state index in [1.165, 1.54) is 0 Å². The van der Waals surface area contributed by atoms with Gasteiger partial charge in [0.1, 0.15) is 0 Å². The minimum absolute atomic E-state index is 0.624. The Labute approximate surface area is 91.1 Å². The molecule has 0 unspecified atom stereocenters. The molecule has 0 radical (unpaired) electrons. The normalized spacial score (nSPS) is 23.7. The molecule has 0 N–H and O–H groups in total. The molecule has 0 spiro atoms. The molecule has 0 bridgehead atoms. The third-order valence-corrected chi connectivity index (χ3v) is 3.19. The minimum atomic E-state index is -0.634. The van der Waals surface area contributed by atoms with Crippen molar-refractivity contribution >= 4 is 0 Å². The lowest BCUT2D eigenvalue weighted by atomic mass is 9.89. The summed E-state index contributed by atoms with van der Waals surface area (Å²) in [6.45, 7) is 1.96. The molecular formula is C11H20O4. The molecule has 15 heavy (non-hydrogen) atoms. The Hall–Kier alpha value is -0.420. The zero-order chi connectivity index (χ0) is 11.5. The van der Waals surface area contributed by atoms with Crippen LogP contribution in [0.4, 0.5) is 0 Å². The van der Waals surface area contributed by atoms with Crippen molar-refractivity contribution in [3.63, 3.8) is 0 Å². The molecule has 88 valence electrons. The zero-order valence-corrected chi connectivity index (χ0v) is 10.1. The van der Waals surface area contributed by atoms with Crippen LogP contribution in [0.1, 0.15) is 19.8 Å². The Morgan fingerprint density at radius 2 is 1.47 bits per heavy atom. The van der Waals surface area contributed by atoms with E-state index in [2.05, 4.69) is 0 Å². The smallest absolute Gasteiger partial charge is 0.190 e. The van der Waals surface area contributed by atoms with Gasteiger partial charge in [0.15, 0.2) is 11.6 Å². The molecule has 1 aliphatic carbocycles. The van der Waals surface area contributed by atoms with Crippen LogP contribution in [0.5, 0.6) is 0 Å². The molecule has 0 fully saturated rings. The largest absolute Gasteiger partial charge is 0.350 e. The van der Waals surface area contributed by atoms with Gasteiger partial charge in [-0.25, -0.2) is 0 Å². The maximum absolute atomic E-state index is 5.42. The Kier molecular flexibility index (Phi) is 3.89. The fourth-order valence-corrected chi connectivity index (χ4v) is 2.06. The Morgan fingerprint density at radius 3 is 1.80 bits per heavy atom. The van der Waals surface area contributed by atoms with E-state index in [4.69, 9.17) is 18.9 Å². The molecule has 0 aromatic heterocycles. The fourth-order valence-electron chi connectivity index (χ4n) is 2.06. The summed E-state index contributed by atoms with van der Waals surface area (Å²) in [5.41, 5.74) is 0.974. The molecule has 0 saturated carbocycles. The lowest BCUT2D eigenvalue weighted by molar-refractivity contribution is -0.231. The lowest BCUT2D eigenvalue weighted by Crippen LogP contribution is -2.45. The standard InChI is InChI=1S/C11H20O4/c1-9-8-10(12-2,13-3)6-7-11(9,14-4)15-5/h8H,6-7H2,1-5H3. The van der Waals surface area contributed by atoms with Crippen molar-refractivity contribution in [2.45, 2.75) is 31.3 Å². The molecule has 1 aliphatic rings. The van der Waals surface area contributed by atoms with Gasteiger partial charge >= 0.3 is 0 Å². The second-order valence-corrected chi connectivity index (χ2v) is 3.71. The number of hydrogen-bond acceptors (Lipinski definition) is 4. The highest BCUT2D eigenvalue weighted by atomic mass is 16.7. The summed E-state index contributed by atoms with van der Waals surface area (Å²) in [5, 5.41) is 0. The van der Waals surface area contributed by atoms with Crippen LogP contribution in [0.25, 0.3) is 0 Å². The van der Waals surface area contributed by atoms with Gasteiger partial charge in [0.25, 0.3) is 0 Å². The van der Waals surface area contributed by atoms with Crippen molar-refractivity contribution in [3.8, 4) is 0 Å². The van der Waals surface area contributed by atoms with Crippen LogP contribution in [0.2, 0.25) is 0 Å². The molecule has 0 aromatic carbocycles. The van der Waals surface area contributed by atoms with Gasteiger partial charge in [-0.2, -0.15) is 0 Å². The van der Waals surface area contributed by atoms with Gasteiger partial charge in [0, 0.05) is 41.3 Å². The van der Waals surface area contributed by atoms with Crippen molar-refractivity contribution in [2.75, 3.05) is 28.4 Å². The number of methoxy groups -OCH3 is 4. The predicted octanol–water partition coefficient (Wildman–Crippen LogP) is 1.70. The van der Waals surface area contributed by atoms with E-state index >= 15 is 0 Å². The van der Waals surface area contributed by atoms with Crippen molar-refractivity contribution in [3.05, 3.63) is 11.6 Å². The number of hydrogen-bond donors (Lipinski definition) is 0. The van der Waals surface area contributed by atoms with Gasteiger partial charge in [-0.15, -0.1) is 0 Å². The monoisotopic (exact) mass is 216 g/mol. The predicted molar refractivity (Wildman–Crippen MR) is 56.5 cm³/mol. The van der Waals surface area contributed by atoms with Gasteiger partial charge in [-0.3, -0.25) is 0 Å². The van der Waals surface area contributed by atoms with E-state index in [1.54, 1.807) is 28.4 Å². The first kappa shape index (κ1) is 12.6. The second kappa shape index (κ2) is 4.61. The summed E-state index contributed by atoms with van der Waals surface area (Å²) in [6.07, 6.45) is 3.34. The van der Waals surface area contributed by atoms with Crippen LogP contribution >= 0.6 is 0 Å². The summed E-state index contributed by atoms with van der Waals surface area (Å²) in [6, 6.07) is 0. The third-order valence-electron chi connectivity index (χ3n) is 3.19. The topological polar surface area (TPSA) is 36.9 Å². The van der Waals surface area contributed by atoms with E-state index in [0.717, 1.165) is 5.57 Å². The molecule has 1 rings (SSSR count). The quantitative estimate of drug-likeness (QED) is 0.529. The van der Waals surface area contributed by atoms with Crippen molar-refractivity contribution in [1.82, 2.24) is 0 Å². The van der Waals surface area contributed by atoms with E-state index in [9.17, 15) is 0 Å². The maximum Gasteiger partial charge on any atom is 0.190 e. The van der Waals surface area contributed by atoms with Crippen LogP contribution in [-0.4, -0.2) is 40.0 Å². The lowest BCUT2D eigenvalue weighted by Gasteiger charge is -2.41. The third kappa shape index (κ3) is 2.08. The minimum Gasteiger partial charge on any atom is -0.350 e. The molecule has 0 saturated heterocycles. The van der Waals surface area contributed by atoms with E-state index in [-0.39, 0.29) is 0 Å². The summed E-state index contributed by atoms with van der Waals surface area (Å²) >= 11 is 0. The number of ether oxygens (including phenoxy) is 4.